The van der Waals surface area contributed by atoms with Crippen molar-refractivity contribution in [3.63, 3.8) is 0 Å². The maximum absolute atomic E-state index is 11.2. The zero-order valence-electron chi connectivity index (χ0n) is 10.3. The number of nitrogens with one attached hydrogen (secondary N) is 2. The monoisotopic (exact) mass is 240 g/mol. The molecule has 3 N–H and O–H groups in total. The van der Waals surface area contributed by atoms with Crippen LogP contribution in [0.5, 0.6) is 0 Å². The number of H-pyrrole nitrogens is 1. The number of methoxy groups -OCH3 is 1. The van der Waals surface area contributed by atoms with Gasteiger partial charge in [0.2, 0.25) is 0 Å². The van der Waals surface area contributed by atoms with Crippen LogP contribution in [-0.2, 0) is 11.3 Å². The summed E-state index contributed by atoms with van der Waals surface area (Å²) in [6.07, 6.45) is 3.49. The molecule has 96 valence electrons. The number of ether oxygens (including phenoxy) is 1. The Labute approximate surface area is 101 Å². The molecule has 0 aliphatic rings. The smallest absolute Gasteiger partial charge is 0.354 e. The van der Waals surface area contributed by atoms with E-state index in [1.54, 1.807) is 12.3 Å². The average molecular weight is 240 g/mol. The van der Waals surface area contributed by atoms with Gasteiger partial charge < -0.3 is 20.1 Å². The van der Waals surface area contributed by atoms with Gasteiger partial charge in [-0.05, 0) is 24.5 Å². The molecule has 1 unspecified atom stereocenters. The number of rotatable bonds is 7. The fourth-order valence-corrected chi connectivity index (χ4v) is 1.64. The van der Waals surface area contributed by atoms with Crippen LogP contribution in [0.3, 0.4) is 0 Å². The quantitative estimate of drug-likeness (QED) is 0.623. The second kappa shape index (κ2) is 7.09. The van der Waals surface area contributed by atoms with Crippen molar-refractivity contribution in [2.75, 3.05) is 13.7 Å². The minimum absolute atomic E-state index is 0.187. The Morgan fingerprint density at radius 1 is 1.65 bits per heavy atom. The highest BCUT2D eigenvalue weighted by Gasteiger charge is 2.09. The summed E-state index contributed by atoms with van der Waals surface area (Å²) < 4.78 is 4.61. The van der Waals surface area contributed by atoms with Crippen LogP contribution in [0.25, 0.3) is 0 Å². The molecule has 1 aromatic rings. The maximum atomic E-state index is 11.2. The van der Waals surface area contributed by atoms with E-state index in [1.807, 2.05) is 0 Å². The highest BCUT2D eigenvalue weighted by atomic mass is 16.5. The van der Waals surface area contributed by atoms with Crippen molar-refractivity contribution in [1.82, 2.24) is 10.3 Å². The number of hydrogen-bond acceptors (Lipinski definition) is 4. The number of esters is 1. The fourth-order valence-electron chi connectivity index (χ4n) is 1.64. The average Bonchev–Trinajstić information content (AvgIpc) is 2.82. The molecule has 0 saturated carbocycles. The molecule has 5 heteroatoms. The van der Waals surface area contributed by atoms with Crippen molar-refractivity contribution in [3.05, 3.63) is 23.5 Å². The molecule has 1 rings (SSSR count). The fraction of sp³-hybridized carbons (Fsp3) is 0.583. The van der Waals surface area contributed by atoms with E-state index in [0.717, 1.165) is 18.4 Å². The summed E-state index contributed by atoms with van der Waals surface area (Å²) in [5.74, 6) is -0.362. The van der Waals surface area contributed by atoms with Gasteiger partial charge in [0.15, 0.2) is 0 Å². The standard InChI is InChI=1S/C12H20N2O3/c1-3-10(4-5-15)13-7-9-6-11(14-8-9)12(16)17-2/h6,8,10,13-15H,3-5,7H2,1-2H3. The number of aromatic nitrogens is 1. The SMILES string of the molecule is CCC(CCO)NCc1c[nH]c(C(=O)OC)c1. The first kappa shape index (κ1) is 13.7. The summed E-state index contributed by atoms with van der Waals surface area (Å²) >= 11 is 0. The van der Waals surface area contributed by atoms with E-state index in [2.05, 4.69) is 22.0 Å². The molecule has 1 atom stereocenters. The topological polar surface area (TPSA) is 74.4 Å². The zero-order chi connectivity index (χ0) is 12.7. The van der Waals surface area contributed by atoms with Gasteiger partial charge in [0, 0.05) is 25.4 Å². The third kappa shape index (κ3) is 4.20. The Hall–Kier alpha value is -1.33. The molecule has 0 saturated heterocycles. The number of carbonyl (C=O) groups is 1. The molecule has 1 heterocycles. The van der Waals surface area contributed by atoms with Crippen molar-refractivity contribution >= 4 is 5.97 Å². The molecule has 0 spiro atoms. The van der Waals surface area contributed by atoms with Crippen molar-refractivity contribution in [2.24, 2.45) is 0 Å². The third-order valence-electron chi connectivity index (χ3n) is 2.71. The summed E-state index contributed by atoms with van der Waals surface area (Å²) in [6, 6.07) is 2.07. The van der Waals surface area contributed by atoms with Crippen molar-refractivity contribution < 1.29 is 14.6 Å². The van der Waals surface area contributed by atoms with Crippen molar-refractivity contribution in [2.45, 2.75) is 32.4 Å². The van der Waals surface area contributed by atoms with Gasteiger partial charge in [-0.1, -0.05) is 6.92 Å². The van der Waals surface area contributed by atoms with E-state index < -0.39 is 0 Å². The van der Waals surface area contributed by atoms with Crippen LogP contribution in [-0.4, -0.2) is 35.8 Å². The number of carbonyl (C=O) groups excluding carboxylic acids is 1. The molecule has 0 aliphatic carbocycles. The Kier molecular flexibility index (Phi) is 5.72. The number of aliphatic hydroxyl groups excluding tert-OH is 1. The second-order valence-electron chi connectivity index (χ2n) is 3.91. The predicted molar refractivity (Wildman–Crippen MR) is 64.8 cm³/mol. The first-order chi connectivity index (χ1) is 8.21. The lowest BCUT2D eigenvalue weighted by Gasteiger charge is -2.14. The van der Waals surface area contributed by atoms with Gasteiger partial charge in [-0.2, -0.15) is 0 Å². The van der Waals surface area contributed by atoms with Gasteiger partial charge in [0.25, 0.3) is 0 Å². The van der Waals surface area contributed by atoms with Gasteiger partial charge in [-0.15, -0.1) is 0 Å². The number of hydrogen-bond donors (Lipinski definition) is 3. The molecule has 17 heavy (non-hydrogen) atoms. The lowest BCUT2D eigenvalue weighted by Crippen LogP contribution is -2.28. The Morgan fingerprint density at radius 2 is 2.41 bits per heavy atom. The molecular formula is C12H20N2O3. The second-order valence-corrected chi connectivity index (χ2v) is 3.91. The van der Waals surface area contributed by atoms with Gasteiger partial charge in [-0.3, -0.25) is 0 Å². The van der Waals surface area contributed by atoms with Gasteiger partial charge >= 0.3 is 5.97 Å². The van der Waals surface area contributed by atoms with Gasteiger partial charge in [0.1, 0.15) is 5.69 Å². The minimum Gasteiger partial charge on any atom is -0.464 e. The summed E-state index contributed by atoms with van der Waals surface area (Å²) in [7, 11) is 1.36. The summed E-state index contributed by atoms with van der Waals surface area (Å²) in [4.78, 5) is 14.1. The summed E-state index contributed by atoms with van der Waals surface area (Å²) in [5.41, 5.74) is 1.46. The number of aliphatic hydroxyl groups is 1. The summed E-state index contributed by atoms with van der Waals surface area (Å²) in [5, 5.41) is 12.2. The molecule has 5 nitrogen and oxygen atoms in total. The van der Waals surface area contributed by atoms with Crippen LogP contribution in [0.15, 0.2) is 12.3 Å². The first-order valence-electron chi connectivity index (χ1n) is 5.81. The molecule has 0 aromatic carbocycles. The normalized spacial score (nSPS) is 12.4. The van der Waals surface area contributed by atoms with Crippen LogP contribution in [0.2, 0.25) is 0 Å². The Bertz CT molecular complexity index is 349. The highest BCUT2D eigenvalue weighted by Crippen LogP contribution is 2.06. The van der Waals surface area contributed by atoms with Gasteiger partial charge in [0.05, 0.1) is 7.11 Å². The Morgan fingerprint density at radius 3 is 3.00 bits per heavy atom. The summed E-state index contributed by atoms with van der Waals surface area (Å²) in [6.45, 7) is 2.93. The van der Waals surface area contributed by atoms with Crippen LogP contribution < -0.4 is 5.32 Å². The van der Waals surface area contributed by atoms with E-state index in [1.165, 1.54) is 7.11 Å². The van der Waals surface area contributed by atoms with Crippen molar-refractivity contribution in [1.29, 1.82) is 0 Å². The maximum Gasteiger partial charge on any atom is 0.354 e. The molecule has 0 aliphatic heterocycles. The molecule has 0 bridgehead atoms. The van der Waals surface area contributed by atoms with E-state index in [4.69, 9.17) is 5.11 Å². The lowest BCUT2D eigenvalue weighted by molar-refractivity contribution is 0.0595. The Balaban J connectivity index is 2.46. The lowest BCUT2D eigenvalue weighted by atomic mass is 10.1. The van der Waals surface area contributed by atoms with Gasteiger partial charge in [-0.25, -0.2) is 4.79 Å². The van der Waals surface area contributed by atoms with E-state index in [-0.39, 0.29) is 12.6 Å². The van der Waals surface area contributed by atoms with E-state index in [9.17, 15) is 4.79 Å². The van der Waals surface area contributed by atoms with Crippen molar-refractivity contribution in [3.8, 4) is 0 Å². The van der Waals surface area contributed by atoms with Crippen LogP contribution in [0.1, 0.15) is 35.8 Å². The molecule has 0 amide bonds. The molecule has 0 fully saturated rings. The number of aromatic amines is 1. The van der Waals surface area contributed by atoms with Crippen LogP contribution in [0, 0.1) is 0 Å². The zero-order valence-corrected chi connectivity index (χ0v) is 10.3. The largest absolute Gasteiger partial charge is 0.464 e. The van der Waals surface area contributed by atoms with E-state index in [0.29, 0.717) is 18.3 Å². The predicted octanol–water partition coefficient (Wildman–Crippen LogP) is 1.05. The highest BCUT2D eigenvalue weighted by molar-refractivity contribution is 5.87. The van der Waals surface area contributed by atoms with Crippen LogP contribution >= 0.6 is 0 Å². The molecule has 1 aromatic heterocycles. The molecular weight excluding hydrogens is 220 g/mol. The van der Waals surface area contributed by atoms with Crippen LogP contribution in [0.4, 0.5) is 0 Å². The van der Waals surface area contributed by atoms with E-state index >= 15 is 0 Å². The molecule has 0 radical (unpaired) electrons. The minimum atomic E-state index is -0.362. The first-order valence-corrected chi connectivity index (χ1v) is 5.81. The third-order valence-corrected chi connectivity index (χ3v) is 2.71.